The predicted molar refractivity (Wildman–Crippen MR) is 166 cm³/mol. The largest absolute Gasteiger partial charge is 0.436 e. The lowest BCUT2D eigenvalue weighted by molar-refractivity contribution is -0.117. The molecule has 2 aromatic carbocycles. The fourth-order valence-electron chi connectivity index (χ4n) is 5.24. The number of benzene rings is 2. The van der Waals surface area contributed by atoms with Gasteiger partial charge >= 0.3 is 0 Å². The van der Waals surface area contributed by atoms with Crippen LogP contribution in [0.5, 0.6) is 11.6 Å². The lowest BCUT2D eigenvalue weighted by Crippen LogP contribution is -2.19. The molecule has 2 heterocycles. The Morgan fingerprint density at radius 3 is 2.55 bits per heavy atom. The normalized spacial score (nSPS) is 12.7. The first-order chi connectivity index (χ1) is 20.8. The molecular formula is C33H33FN4O5S. The molecule has 0 bridgehead atoms. The number of halogens is 1. The van der Waals surface area contributed by atoms with Crippen molar-refractivity contribution in [2.24, 2.45) is 5.92 Å². The highest BCUT2D eigenvalue weighted by Gasteiger charge is 2.26. The number of nitrogen functional groups attached to an aromatic ring is 1. The highest BCUT2D eigenvalue weighted by Crippen LogP contribution is 2.33. The van der Waals surface area contributed by atoms with E-state index in [1.165, 1.54) is 29.2 Å². The molecule has 4 aromatic rings. The minimum absolute atomic E-state index is 0.0464. The quantitative estimate of drug-likeness (QED) is 0.211. The van der Waals surface area contributed by atoms with Gasteiger partial charge in [-0.15, -0.1) is 0 Å². The van der Waals surface area contributed by atoms with E-state index in [0.717, 1.165) is 16.7 Å². The summed E-state index contributed by atoms with van der Waals surface area (Å²) in [6, 6.07) is 11.3. The van der Waals surface area contributed by atoms with Crippen LogP contribution in [0.4, 0.5) is 10.2 Å². The number of ether oxygens (including phenoxy) is 1. The third kappa shape index (κ3) is 6.62. The predicted octanol–water partition coefficient (Wildman–Crippen LogP) is 5.75. The number of carbonyl (C=O) groups excluding carboxylic acids is 2. The number of fused-ring (bicyclic) bond motifs is 1. The Kier molecular flexibility index (Phi) is 8.51. The first-order valence-electron chi connectivity index (χ1n) is 14.1. The minimum Gasteiger partial charge on any atom is -0.436 e. The third-order valence-corrected chi connectivity index (χ3v) is 8.89. The summed E-state index contributed by atoms with van der Waals surface area (Å²) in [5.74, 6) is -1.35. The number of hydrogen-bond donors (Lipinski definition) is 1. The summed E-state index contributed by atoms with van der Waals surface area (Å²) >= 11 is 0. The zero-order valence-corrected chi connectivity index (χ0v) is 25.7. The fraction of sp³-hybridized carbons (Fsp3) is 0.273. The van der Waals surface area contributed by atoms with Gasteiger partial charge in [-0.05, 0) is 65.8 Å². The summed E-state index contributed by atoms with van der Waals surface area (Å²) < 4.78 is 46.5. The van der Waals surface area contributed by atoms with Crippen molar-refractivity contribution >= 4 is 33.3 Å². The smallest absolute Gasteiger partial charge is 0.219 e. The van der Waals surface area contributed by atoms with Gasteiger partial charge in [-0.3, -0.25) is 9.59 Å². The van der Waals surface area contributed by atoms with Crippen molar-refractivity contribution in [2.45, 2.75) is 46.3 Å². The van der Waals surface area contributed by atoms with Crippen LogP contribution in [0.2, 0.25) is 0 Å². The summed E-state index contributed by atoms with van der Waals surface area (Å²) in [5, 5.41) is 4.33. The molecule has 0 atom stereocenters. The van der Waals surface area contributed by atoms with Gasteiger partial charge in [0.15, 0.2) is 27.2 Å². The van der Waals surface area contributed by atoms with Crippen molar-refractivity contribution in [1.29, 1.82) is 0 Å². The molecule has 1 aliphatic rings. The van der Waals surface area contributed by atoms with Crippen molar-refractivity contribution in [3.05, 3.63) is 99.6 Å². The molecule has 9 nitrogen and oxygen atoms in total. The zero-order valence-electron chi connectivity index (χ0n) is 24.9. The molecule has 2 N–H and O–H groups in total. The van der Waals surface area contributed by atoms with Gasteiger partial charge in [0.1, 0.15) is 17.4 Å². The van der Waals surface area contributed by atoms with Gasteiger partial charge in [0.05, 0.1) is 29.4 Å². The molecule has 0 saturated heterocycles. The van der Waals surface area contributed by atoms with Crippen molar-refractivity contribution in [2.75, 3.05) is 11.5 Å². The Bertz CT molecular complexity index is 1930. The number of aromatic nitrogens is 3. The van der Waals surface area contributed by atoms with E-state index in [0.29, 0.717) is 28.8 Å². The van der Waals surface area contributed by atoms with Gasteiger partial charge in [0.25, 0.3) is 0 Å². The van der Waals surface area contributed by atoms with Crippen molar-refractivity contribution < 1.29 is 27.1 Å². The highest BCUT2D eigenvalue weighted by atomic mass is 32.2. The third-order valence-electron chi connectivity index (χ3n) is 7.38. The number of nitrogens with zero attached hydrogens (tertiary/aromatic N) is 3. The first-order valence-corrected chi connectivity index (χ1v) is 16.0. The number of anilines is 1. The van der Waals surface area contributed by atoms with Crippen LogP contribution in [0.1, 0.15) is 58.4 Å². The maximum atomic E-state index is 14.0. The zero-order chi connectivity index (χ0) is 31.8. The van der Waals surface area contributed by atoms with Crippen LogP contribution in [0.15, 0.2) is 60.4 Å². The molecule has 0 unspecified atom stereocenters. The molecule has 0 fully saturated rings. The second-order valence-electron chi connectivity index (χ2n) is 11.5. The standard InChI is InChI=1S/C33H33FN4O5S/c1-19(2)9-26(39)18-44(41,42)17-25-14-23-13-24(12-22(23)10-20(25)3)32(40)27-15-37-38(33(27)35)29-16-36-31(11-21(29)4)43-30-8-6-5-7-28(30)34/h5-8,10-12,14-16,19H,9,13,17-18,35H2,1-4H3. The molecule has 11 heteroatoms. The molecule has 0 aliphatic heterocycles. The Morgan fingerprint density at radius 2 is 1.84 bits per heavy atom. The van der Waals surface area contributed by atoms with Crippen molar-refractivity contribution in [3.8, 4) is 17.3 Å². The number of Topliss-reactive ketones (excluding diaryl/α,β-unsaturated/α-hetero) is 2. The van der Waals surface area contributed by atoms with Gasteiger partial charge < -0.3 is 10.5 Å². The molecule has 1 aliphatic carbocycles. The average molecular weight is 617 g/mol. The first kappa shape index (κ1) is 30.8. The van der Waals surface area contributed by atoms with Gasteiger partial charge in [0, 0.05) is 24.5 Å². The van der Waals surface area contributed by atoms with E-state index in [1.54, 1.807) is 37.3 Å². The summed E-state index contributed by atoms with van der Waals surface area (Å²) in [7, 11) is -3.64. The summed E-state index contributed by atoms with van der Waals surface area (Å²) in [6.07, 6.45) is 5.21. The van der Waals surface area contributed by atoms with Crippen molar-refractivity contribution in [3.63, 3.8) is 0 Å². The Labute approximate surface area is 255 Å². The molecule has 2 aromatic heterocycles. The maximum Gasteiger partial charge on any atom is 0.219 e. The van der Waals surface area contributed by atoms with Crippen LogP contribution in [-0.4, -0.2) is 40.5 Å². The number of pyridine rings is 1. The monoisotopic (exact) mass is 616 g/mol. The van der Waals surface area contributed by atoms with Crippen LogP contribution in [-0.2, 0) is 26.8 Å². The van der Waals surface area contributed by atoms with E-state index in [2.05, 4.69) is 10.1 Å². The Morgan fingerprint density at radius 1 is 1.09 bits per heavy atom. The lowest BCUT2D eigenvalue weighted by atomic mass is 10.0. The molecule has 0 radical (unpaired) electrons. The average Bonchev–Trinajstić information content (AvgIpc) is 3.52. The van der Waals surface area contributed by atoms with Crippen LogP contribution in [0, 0.1) is 25.6 Å². The van der Waals surface area contributed by atoms with Crippen LogP contribution < -0.4 is 10.5 Å². The summed E-state index contributed by atoms with van der Waals surface area (Å²) in [5.41, 5.74) is 11.4. The summed E-state index contributed by atoms with van der Waals surface area (Å²) in [4.78, 5) is 30.0. The van der Waals surface area contributed by atoms with E-state index in [4.69, 9.17) is 10.5 Å². The topological polar surface area (TPSA) is 134 Å². The lowest BCUT2D eigenvalue weighted by Gasteiger charge is -2.11. The number of ketones is 2. The maximum absolute atomic E-state index is 14.0. The second kappa shape index (κ2) is 12.2. The van der Waals surface area contributed by atoms with Gasteiger partial charge in [-0.2, -0.15) is 5.10 Å². The second-order valence-corrected chi connectivity index (χ2v) is 13.6. The number of nitrogens with two attached hydrogens (primary N) is 1. The van der Waals surface area contributed by atoms with Crippen LogP contribution in [0.3, 0.4) is 0 Å². The van der Waals surface area contributed by atoms with E-state index < -0.39 is 21.4 Å². The SMILES string of the molecule is Cc1cc2c(cc1CS(=O)(=O)CC(=O)CC(C)C)CC(C(=O)c1cnn(-c3cnc(Oc4ccccc4F)cc3C)c1N)=C2. The number of para-hydroxylation sites is 1. The molecule has 5 rings (SSSR count). The summed E-state index contributed by atoms with van der Waals surface area (Å²) in [6.45, 7) is 7.37. The van der Waals surface area contributed by atoms with Crippen molar-refractivity contribution in [1.82, 2.24) is 14.8 Å². The number of allylic oxidation sites excluding steroid dienone is 1. The molecule has 0 amide bonds. The molecule has 0 saturated carbocycles. The van der Waals surface area contributed by atoms with Gasteiger partial charge in [0.2, 0.25) is 5.88 Å². The van der Waals surface area contributed by atoms with Gasteiger partial charge in [-0.25, -0.2) is 22.5 Å². The number of sulfone groups is 1. The Hall–Kier alpha value is -4.64. The number of carbonyl (C=O) groups is 2. The van der Waals surface area contributed by atoms with E-state index in [1.807, 2.05) is 26.8 Å². The number of rotatable bonds is 11. The fourth-order valence-corrected chi connectivity index (χ4v) is 6.74. The van der Waals surface area contributed by atoms with Gasteiger partial charge in [-0.1, -0.05) is 38.1 Å². The Balaban J connectivity index is 1.31. The van der Waals surface area contributed by atoms with E-state index in [9.17, 15) is 22.4 Å². The molecular weight excluding hydrogens is 583 g/mol. The van der Waals surface area contributed by atoms with Crippen LogP contribution in [0.25, 0.3) is 11.8 Å². The van der Waals surface area contributed by atoms with E-state index >= 15 is 0 Å². The number of aryl methyl sites for hydroxylation is 2. The van der Waals surface area contributed by atoms with E-state index in [-0.39, 0.29) is 52.7 Å². The highest BCUT2D eigenvalue weighted by molar-refractivity contribution is 7.91. The number of hydrogen-bond acceptors (Lipinski definition) is 8. The molecule has 0 spiro atoms. The van der Waals surface area contributed by atoms with Crippen LogP contribution >= 0.6 is 0 Å². The molecule has 228 valence electrons. The minimum atomic E-state index is -3.64. The molecule has 44 heavy (non-hydrogen) atoms.